The molecule has 0 aromatic carbocycles. The summed E-state index contributed by atoms with van der Waals surface area (Å²) < 4.78 is 0.381. The summed E-state index contributed by atoms with van der Waals surface area (Å²) in [6, 6.07) is 0. The smallest absolute Gasteiger partial charge is 0.344 e. The van der Waals surface area contributed by atoms with Crippen LogP contribution in [0.5, 0.6) is 0 Å². The van der Waals surface area contributed by atoms with E-state index in [1.165, 1.54) is 29.0 Å². The van der Waals surface area contributed by atoms with E-state index >= 15 is 0 Å². The third kappa shape index (κ3) is 4.52. The highest BCUT2D eigenvalue weighted by atomic mass is 32.2. The maximum Gasteiger partial charge on any atom is 0.344 e. The van der Waals surface area contributed by atoms with Crippen LogP contribution < -0.4 is 21.5 Å². The zero-order chi connectivity index (χ0) is 26.3. The number of quaternary nitrogens is 1. The fraction of sp³-hybridized carbons (Fsp3) is 0.500. The maximum absolute atomic E-state index is 13.3. The number of nitrogens with one attached hydrogen (secondary N) is 2. The number of aromatic nitrogens is 1. The van der Waals surface area contributed by atoms with E-state index < -0.39 is 41.3 Å². The van der Waals surface area contributed by atoms with Gasteiger partial charge in [-0.15, -0.1) is 23.1 Å². The fourth-order valence-corrected chi connectivity index (χ4v) is 6.58. The molecule has 3 aliphatic rings. The topological polar surface area (TPSA) is 199 Å². The first-order chi connectivity index (χ1) is 17.0. The van der Waals surface area contributed by atoms with Crippen LogP contribution in [0.15, 0.2) is 21.9 Å². The molecule has 1 aromatic heterocycles. The van der Waals surface area contributed by atoms with Crippen molar-refractivity contribution in [1.82, 2.24) is 20.5 Å². The number of hydrogen-bond donors (Lipinski definition) is 4. The summed E-state index contributed by atoms with van der Waals surface area (Å²) in [6.45, 7) is 3.45. The number of carboxylic acid groups (broad SMARTS) is 2. The van der Waals surface area contributed by atoms with E-state index in [0.717, 1.165) is 11.3 Å². The molecule has 36 heavy (non-hydrogen) atoms. The van der Waals surface area contributed by atoms with Gasteiger partial charge in [0.1, 0.15) is 28.0 Å². The molecule has 4 heterocycles. The lowest BCUT2D eigenvalue weighted by Gasteiger charge is -2.57. The molecule has 3 aliphatic heterocycles. The van der Waals surface area contributed by atoms with Gasteiger partial charge in [-0.05, 0) is 6.92 Å². The summed E-state index contributed by atoms with van der Waals surface area (Å²) >= 11 is 2.38. The molecule has 0 radical (unpaired) electrons. The van der Waals surface area contributed by atoms with E-state index in [0.29, 0.717) is 42.1 Å². The largest absolute Gasteiger partial charge is 0.543 e. The Kier molecular flexibility index (Phi) is 6.96. The third-order valence-electron chi connectivity index (χ3n) is 6.39. The van der Waals surface area contributed by atoms with Crippen molar-refractivity contribution in [3.8, 4) is 0 Å². The van der Waals surface area contributed by atoms with Crippen LogP contribution in [-0.2, 0) is 24.0 Å². The number of nitrogens with two attached hydrogens (primary N) is 1. The first-order valence-electron chi connectivity index (χ1n) is 10.9. The quantitative estimate of drug-likeness (QED) is 0.116. The first kappa shape index (κ1) is 25.9. The molecule has 5 N–H and O–H groups in total. The second-order valence-corrected chi connectivity index (χ2v) is 10.8. The third-order valence-corrected chi connectivity index (χ3v) is 8.50. The van der Waals surface area contributed by atoms with Crippen LogP contribution in [0.25, 0.3) is 0 Å². The predicted molar refractivity (Wildman–Crippen MR) is 127 cm³/mol. The molecule has 194 valence electrons. The van der Waals surface area contributed by atoms with Crippen LogP contribution in [0, 0.1) is 0 Å². The minimum Gasteiger partial charge on any atom is -0.543 e. The lowest BCUT2D eigenvalue weighted by atomic mass is 9.88. The number of β-lactam (4-membered cyclic amide) rings is 1. The Balaban J connectivity index is 1.60. The molecule has 0 unspecified atom stereocenters. The molecule has 1 aromatic rings. The number of carbonyl (C=O) groups is 4. The number of carbonyl (C=O) groups excluding carboxylic acids is 3. The molecular formula is C20H25N7O7S2. The molecule has 0 spiro atoms. The fourth-order valence-electron chi connectivity index (χ4n) is 4.43. The summed E-state index contributed by atoms with van der Waals surface area (Å²) in [5.74, 6) is -3.88. The van der Waals surface area contributed by atoms with Gasteiger partial charge in [-0.1, -0.05) is 5.16 Å². The zero-order valence-electron chi connectivity index (χ0n) is 19.5. The molecule has 0 bridgehead atoms. The van der Waals surface area contributed by atoms with Crippen molar-refractivity contribution in [3.63, 3.8) is 0 Å². The van der Waals surface area contributed by atoms with Gasteiger partial charge in [-0.2, -0.15) is 0 Å². The Hall–Kier alpha value is -3.21. The van der Waals surface area contributed by atoms with Gasteiger partial charge in [0.05, 0.1) is 31.9 Å². The van der Waals surface area contributed by atoms with E-state index in [4.69, 9.17) is 15.7 Å². The summed E-state index contributed by atoms with van der Waals surface area (Å²) in [5.41, 5.74) is 4.29. The number of rotatable bonds is 8. The summed E-state index contributed by atoms with van der Waals surface area (Å²) in [7, 11) is 1.94. The minimum absolute atomic E-state index is 0.0395. The SMILES string of the molecule is C[C@@]1(NC(=O)C(=NOCC(=O)O)c2csc(N)n2)C(=O)N2C(C(=O)[O-])=C([N+]3(C)CCNCC3)CS[C@H]21. The molecule has 2 saturated heterocycles. The number of likely N-dealkylation sites (N-methyl/N-ethyl adjacent to an activating group) is 1. The molecule has 2 atom stereocenters. The number of nitrogen functional groups attached to an aromatic ring is 1. The Morgan fingerprint density at radius 1 is 1.44 bits per heavy atom. The van der Waals surface area contributed by atoms with Crippen molar-refractivity contribution in [1.29, 1.82) is 0 Å². The Morgan fingerprint density at radius 2 is 2.14 bits per heavy atom. The number of fused-ring (bicyclic) bond motifs is 1. The van der Waals surface area contributed by atoms with E-state index in [-0.39, 0.29) is 22.2 Å². The monoisotopic (exact) mass is 539 g/mol. The molecule has 0 saturated carbocycles. The normalized spacial score (nSPS) is 25.6. The summed E-state index contributed by atoms with van der Waals surface area (Å²) in [5, 5.41) is 31.3. The second-order valence-electron chi connectivity index (χ2n) is 8.85. The molecular weight excluding hydrogens is 514 g/mol. The lowest BCUT2D eigenvalue weighted by Crippen LogP contribution is -2.79. The van der Waals surface area contributed by atoms with E-state index in [1.807, 2.05) is 7.05 Å². The van der Waals surface area contributed by atoms with Crippen LogP contribution in [0.1, 0.15) is 12.6 Å². The molecule has 14 nitrogen and oxygen atoms in total. The number of thiazole rings is 1. The Morgan fingerprint density at radius 3 is 2.72 bits per heavy atom. The second kappa shape index (κ2) is 9.68. The number of carboxylic acids is 2. The molecule has 0 aliphatic carbocycles. The Labute approximate surface area is 213 Å². The van der Waals surface area contributed by atoms with Crippen LogP contribution in [-0.4, -0.2) is 105 Å². The number of anilines is 1. The van der Waals surface area contributed by atoms with Crippen LogP contribution in [0.4, 0.5) is 5.13 Å². The van der Waals surface area contributed by atoms with Gasteiger partial charge in [0.2, 0.25) is 6.61 Å². The van der Waals surface area contributed by atoms with E-state index in [2.05, 4.69) is 20.8 Å². The number of piperazine rings is 1. The van der Waals surface area contributed by atoms with Crippen molar-refractivity contribution in [2.45, 2.75) is 17.8 Å². The van der Waals surface area contributed by atoms with Crippen molar-refractivity contribution in [3.05, 3.63) is 22.5 Å². The maximum atomic E-state index is 13.3. The van der Waals surface area contributed by atoms with Crippen molar-refractivity contribution < 1.29 is 38.7 Å². The molecule has 2 amide bonds. The predicted octanol–water partition coefficient (Wildman–Crippen LogP) is -2.67. The van der Waals surface area contributed by atoms with Crippen molar-refractivity contribution in [2.24, 2.45) is 5.16 Å². The number of thioether (sulfide) groups is 1. The van der Waals surface area contributed by atoms with Gasteiger partial charge < -0.3 is 36.2 Å². The van der Waals surface area contributed by atoms with Crippen LogP contribution in [0.2, 0.25) is 0 Å². The van der Waals surface area contributed by atoms with Gasteiger partial charge in [-0.25, -0.2) is 9.78 Å². The first-order valence-corrected chi connectivity index (χ1v) is 12.8. The van der Waals surface area contributed by atoms with E-state index in [1.54, 1.807) is 0 Å². The Bertz CT molecular complexity index is 1180. The van der Waals surface area contributed by atoms with Crippen molar-refractivity contribution >= 4 is 57.7 Å². The highest BCUT2D eigenvalue weighted by molar-refractivity contribution is 8.00. The molecule has 16 heteroatoms. The number of oxime groups is 1. The highest BCUT2D eigenvalue weighted by Gasteiger charge is 2.63. The van der Waals surface area contributed by atoms with Crippen LogP contribution >= 0.6 is 23.1 Å². The summed E-state index contributed by atoms with van der Waals surface area (Å²) in [4.78, 5) is 59.4. The molecule has 2 fully saturated rings. The van der Waals surface area contributed by atoms with Gasteiger partial charge in [0, 0.05) is 18.5 Å². The van der Waals surface area contributed by atoms with Gasteiger partial charge >= 0.3 is 5.97 Å². The number of hydrogen-bond acceptors (Lipinski definition) is 12. The average Bonchev–Trinajstić information content (AvgIpc) is 3.26. The highest BCUT2D eigenvalue weighted by Crippen LogP contribution is 2.47. The standard InChI is InChI=1S/C20H25N7O7S2/c1-20(24-15(30)13(25-34-7-12(28)29)10-8-36-19(21)23-10)17(33)26-14(16(31)32)11(9-35-18(20)26)27(2)5-3-22-4-6-27/h8,18,22H,3-7,9H2,1-2H3,(H4-,21,23,24,28,29,30,31,32)/t18-,20+/m0/s1. The minimum atomic E-state index is -1.47. The number of aliphatic carboxylic acids is 2. The molecule has 4 rings (SSSR count). The zero-order valence-corrected chi connectivity index (χ0v) is 21.1. The van der Waals surface area contributed by atoms with Crippen LogP contribution in [0.3, 0.4) is 0 Å². The van der Waals surface area contributed by atoms with Gasteiger partial charge in [-0.3, -0.25) is 19.0 Å². The summed E-state index contributed by atoms with van der Waals surface area (Å²) in [6.07, 6.45) is 0. The van der Waals surface area contributed by atoms with Gasteiger partial charge in [0.25, 0.3) is 11.8 Å². The number of nitrogens with zero attached hydrogens (tertiary/aromatic N) is 4. The van der Waals surface area contributed by atoms with Gasteiger partial charge in [0.15, 0.2) is 10.8 Å². The van der Waals surface area contributed by atoms with E-state index in [9.17, 15) is 24.3 Å². The number of amides is 2. The van der Waals surface area contributed by atoms with Crippen molar-refractivity contribution in [2.75, 3.05) is 51.3 Å². The average molecular weight is 540 g/mol. The lowest BCUT2D eigenvalue weighted by molar-refractivity contribution is -0.874.